The van der Waals surface area contributed by atoms with E-state index in [0.29, 0.717) is 17.0 Å². The zero-order valence-corrected chi connectivity index (χ0v) is 9.31. The Balaban J connectivity index is 2.26. The standard InChI is InChI=1S/C13H11N3O/c1-8-6-7-14-13-11(8)15-12(16-13)9-4-2-3-5-10(9)17/h2-7,17H,1H3,(H,14,15,16). The van der Waals surface area contributed by atoms with Crippen LogP contribution in [-0.2, 0) is 0 Å². The number of aromatic nitrogens is 3. The molecule has 0 amide bonds. The summed E-state index contributed by atoms with van der Waals surface area (Å²) in [6, 6.07) is 9.04. The highest BCUT2D eigenvalue weighted by molar-refractivity contribution is 5.79. The van der Waals surface area contributed by atoms with E-state index in [-0.39, 0.29) is 5.75 Å². The number of fused-ring (bicyclic) bond motifs is 1. The molecule has 0 fully saturated rings. The predicted octanol–water partition coefficient (Wildman–Crippen LogP) is 2.64. The fourth-order valence-electron chi connectivity index (χ4n) is 1.84. The molecule has 0 aliphatic carbocycles. The van der Waals surface area contributed by atoms with Crippen molar-refractivity contribution >= 4 is 11.2 Å². The lowest BCUT2D eigenvalue weighted by molar-refractivity contribution is 0.477. The van der Waals surface area contributed by atoms with Crippen LogP contribution in [-0.4, -0.2) is 20.1 Å². The molecule has 0 saturated heterocycles. The predicted molar refractivity (Wildman–Crippen MR) is 65.7 cm³/mol. The van der Waals surface area contributed by atoms with Crippen molar-refractivity contribution in [2.75, 3.05) is 0 Å². The molecule has 2 heterocycles. The first-order valence-corrected chi connectivity index (χ1v) is 5.35. The highest BCUT2D eigenvalue weighted by Gasteiger charge is 2.10. The number of benzene rings is 1. The number of hydrogen-bond donors (Lipinski definition) is 2. The number of rotatable bonds is 1. The van der Waals surface area contributed by atoms with Gasteiger partial charge in [0.25, 0.3) is 0 Å². The summed E-state index contributed by atoms with van der Waals surface area (Å²) in [6.07, 6.45) is 1.73. The van der Waals surface area contributed by atoms with Crippen LogP contribution < -0.4 is 0 Å². The molecule has 0 bridgehead atoms. The van der Waals surface area contributed by atoms with Gasteiger partial charge in [-0.05, 0) is 30.7 Å². The van der Waals surface area contributed by atoms with Gasteiger partial charge in [0.15, 0.2) is 5.65 Å². The largest absolute Gasteiger partial charge is 0.507 e. The van der Waals surface area contributed by atoms with Gasteiger partial charge in [0, 0.05) is 6.20 Å². The monoisotopic (exact) mass is 225 g/mol. The molecular weight excluding hydrogens is 214 g/mol. The molecule has 0 spiro atoms. The number of pyridine rings is 1. The summed E-state index contributed by atoms with van der Waals surface area (Å²) in [5.74, 6) is 0.851. The van der Waals surface area contributed by atoms with Gasteiger partial charge in [0.05, 0.1) is 11.1 Å². The molecule has 1 aromatic carbocycles. The van der Waals surface area contributed by atoms with Crippen LogP contribution >= 0.6 is 0 Å². The minimum atomic E-state index is 0.212. The highest BCUT2D eigenvalue weighted by atomic mass is 16.3. The van der Waals surface area contributed by atoms with Crippen LogP contribution in [0, 0.1) is 6.92 Å². The molecule has 4 heteroatoms. The third kappa shape index (κ3) is 1.54. The maximum Gasteiger partial charge on any atom is 0.178 e. The maximum absolute atomic E-state index is 9.78. The van der Waals surface area contributed by atoms with Crippen molar-refractivity contribution in [3.8, 4) is 17.1 Å². The molecule has 4 nitrogen and oxygen atoms in total. The van der Waals surface area contributed by atoms with Crippen LogP contribution in [0.25, 0.3) is 22.6 Å². The van der Waals surface area contributed by atoms with Crippen LogP contribution in [0.2, 0.25) is 0 Å². The summed E-state index contributed by atoms with van der Waals surface area (Å²) in [6.45, 7) is 2.00. The Morgan fingerprint density at radius 3 is 2.76 bits per heavy atom. The molecule has 2 N–H and O–H groups in total. The van der Waals surface area contributed by atoms with Gasteiger partial charge in [0.1, 0.15) is 11.6 Å². The first kappa shape index (κ1) is 9.84. The number of para-hydroxylation sites is 1. The topological polar surface area (TPSA) is 61.8 Å². The number of aromatic amines is 1. The molecule has 0 unspecified atom stereocenters. The Labute approximate surface area is 98.0 Å². The molecule has 0 saturated carbocycles. The van der Waals surface area contributed by atoms with Gasteiger partial charge in [-0.2, -0.15) is 0 Å². The van der Waals surface area contributed by atoms with Crippen molar-refractivity contribution in [2.24, 2.45) is 0 Å². The zero-order valence-electron chi connectivity index (χ0n) is 9.31. The van der Waals surface area contributed by atoms with Crippen molar-refractivity contribution in [3.05, 3.63) is 42.1 Å². The fourth-order valence-corrected chi connectivity index (χ4v) is 1.84. The van der Waals surface area contributed by atoms with Gasteiger partial charge in [0.2, 0.25) is 0 Å². The van der Waals surface area contributed by atoms with E-state index in [4.69, 9.17) is 0 Å². The van der Waals surface area contributed by atoms with Gasteiger partial charge in [-0.1, -0.05) is 12.1 Å². The fraction of sp³-hybridized carbons (Fsp3) is 0.0769. The first-order valence-electron chi connectivity index (χ1n) is 5.35. The quantitative estimate of drug-likeness (QED) is 0.669. The molecule has 2 aromatic heterocycles. The smallest absolute Gasteiger partial charge is 0.178 e. The summed E-state index contributed by atoms with van der Waals surface area (Å²) < 4.78 is 0. The second kappa shape index (κ2) is 3.59. The van der Waals surface area contributed by atoms with E-state index >= 15 is 0 Å². The highest BCUT2D eigenvalue weighted by Crippen LogP contribution is 2.28. The third-order valence-electron chi connectivity index (χ3n) is 2.76. The molecule has 84 valence electrons. The van der Waals surface area contributed by atoms with Crippen LogP contribution in [0.3, 0.4) is 0 Å². The number of hydrogen-bond acceptors (Lipinski definition) is 3. The Bertz CT molecular complexity index is 688. The summed E-state index contributed by atoms with van der Waals surface area (Å²) >= 11 is 0. The van der Waals surface area contributed by atoms with E-state index in [1.54, 1.807) is 18.3 Å². The van der Waals surface area contributed by atoms with Crippen molar-refractivity contribution in [3.63, 3.8) is 0 Å². The average molecular weight is 225 g/mol. The average Bonchev–Trinajstić information content (AvgIpc) is 2.75. The van der Waals surface area contributed by atoms with Gasteiger partial charge >= 0.3 is 0 Å². The Morgan fingerprint density at radius 1 is 1.18 bits per heavy atom. The second-order valence-corrected chi connectivity index (χ2v) is 3.93. The normalized spacial score (nSPS) is 10.9. The third-order valence-corrected chi connectivity index (χ3v) is 2.76. The zero-order chi connectivity index (χ0) is 11.8. The number of aromatic hydroxyl groups is 1. The SMILES string of the molecule is Cc1ccnc2nc(-c3ccccc3O)[nH]c12. The van der Waals surface area contributed by atoms with E-state index in [9.17, 15) is 5.11 Å². The van der Waals surface area contributed by atoms with Gasteiger partial charge in [-0.15, -0.1) is 0 Å². The summed E-state index contributed by atoms with van der Waals surface area (Å²) in [4.78, 5) is 11.8. The molecule has 3 rings (SSSR count). The van der Waals surface area contributed by atoms with E-state index in [0.717, 1.165) is 11.1 Å². The number of imidazole rings is 1. The molecule has 3 aromatic rings. The molecule has 17 heavy (non-hydrogen) atoms. The maximum atomic E-state index is 9.78. The lowest BCUT2D eigenvalue weighted by atomic mass is 10.2. The number of phenols is 1. The number of aryl methyl sites for hydroxylation is 1. The van der Waals surface area contributed by atoms with Crippen LogP contribution in [0.1, 0.15) is 5.56 Å². The summed E-state index contributed by atoms with van der Waals surface area (Å²) in [5, 5.41) is 9.78. The molecule has 0 aliphatic heterocycles. The van der Waals surface area contributed by atoms with Crippen LogP contribution in [0.5, 0.6) is 5.75 Å². The molecular formula is C13H11N3O. The lowest BCUT2D eigenvalue weighted by Crippen LogP contribution is -1.80. The number of H-pyrrole nitrogens is 1. The number of nitrogens with one attached hydrogen (secondary N) is 1. The minimum Gasteiger partial charge on any atom is -0.507 e. The first-order chi connectivity index (χ1) is 8.25. The molecule has 0 radical (unpaired) electrons. The van der Waals surface area contributed by atoms with E-state index in [1.807, 2.05) is 25.1 Å². The summed E-state index contributed by atoms with van der Waals surface area (Å²) in [7, 11) is 0. The Kier molecular flexibility index (Phi) is 2.08. The Hall–Kier alpha value is -2.36. The van der Waals surface area contributed by atoms with Gasteiger partial charge < -0.3 is 10.1 Å². The van der Waals surface area contributed by atoms with Crippen molar-refractivity contribution in [2.45, 2.75) is 6.92 Å². The Morgan fingerprint density at radius 2 is 2.00 bits per heavy atom. The molecule has 0 aliphatic rings. The number of phenolic OH excluding ortho intramolecular Hbond substituents is 1. The van der Waals surface area contributed by atoms with Crippen LogP contribution in [0.15, 0.2) is 36.5 Å². The van der Waals surface area contributed by atoms with Crippen molar-refractivity contribution in [1.82, 2.24) is 15.0 Å². The molecule has 0 atom stereocenters. The van der Waals surface area contributed by atoms with E-state index in [2.05, 4.69) is 15.0 Å². The van der Waals surface area contributed by atoms with E-state index in [1.165, 1.54) is 0 Å². The van der Waals surface area contributed by atoms with Gasteiger partial charge in [-0.3, -0.25) is 0 Å². The van der Waals surface area contributed by atoms with Gasteiger partial charge in [-0.25, -0.2) is 9.97 Å². The number of nitrogens with zero attached hydrogens (tertiary/aromatic N) is 2. The second-order valence-electron chi connectivity index (χ2n) is 3.93. The van der Waals surface area contributed by atoms with E-state index < -0.39 is 0 Å². The van der Waals surface area contributed by atoms with Crippen molar-refractivity contribution in [1.29, 1.82) is 0 Å². The lowest BCUT2D eigenvalue weighted by Gasteiger charge is -1.98. The summed E-state index contributed by atoms with van der Waals surface area (Å²) in [5.41, 5.74) is 3.35. The van der Waals surface area contributed by atoms with Crippen molar-refractivity contribution < 1.29 is 5.11 Å². The van der Waals surface area contributed by atoms with Crippen LogP contribution in [0.4, 0.5) is 0 Å². The minimum absolute atomic E-state index is 0.212.